The Labute approximate surface area is 289 Å². The Balaban J connectivity index is 0.804. The van der Waals surface area contributed by atoms with Gasteiger partial charge in [-0.05, 0) is 190 Å². The highest BCUT2D eigenvalue weighted by Gasteiger charge is 2.49. The molecule has 0 aromatic carbocycles. The predicted molar refractivity (Wildman–Crippen MR) is 202 cm³/mol. The van der Waals surface area contributed by atoms with Crippen LogP contribution in [0, 0.1) is 108 Å². The van der Waals surface area contributed by atoms with E-state index in [0.717, 1.165) is 113 Å². The quantitative estimate of drug-likeness (QED) is 0.100. The lowest BCUT2D eigenvalue weighted by molar-refractivity contribution is 0.0107. The van der Waals surface area contributed by atoms with E-state index in [1.54, 1.807) is 5.57 Å². The van der Waals surface area contributed by atoms with E-state index in [-0.39, 0.29) is 0 Å². The smallest absolute Gasteiger partial charge is 0.0884 e. The second kappa shape index (κ2) is 14.6. The summed E-state index contributed by atoms with van der Waals surface area (Å²) < 4.78 is 0. The Morgan fingerprint density at radius 3 is 2.35 bits per heavy atom. The maximum Gasteiger partial charge on any atom is 0.0884 e. The van der Waals surface area contributed by atoms with Gasteiger partial charge in [0.25, 0.3) is 0 Å². The molecule has 16 unspecified atom stereocenters. The van der Waals surface area contributed by atoms with Crippen molar-refractivity contribution in [1.82, 2.24) is 0 Å². The Morgan fingerprint density at radius 2 is 1.61 bits per heavy atom. The lowest BCUT2D eigenvalue weighted by atomic mass is 9.55. The van der Waals surface area contributed by atoms with E-state index >= 15 is 0 Å². The Kier molecular flexibility index (Phi) is 10.8. The Bertz CT molecular complexity index is 1050. The summed E-state index contributed by atoms with van der Waals surface area (Å²) in [5.41, 5.74) is 2.48. The molecular weight excluding hydrogens is 571 g/mol. The van der Waals surface area contributed by atoms with E-state index < -0.39 is 0 Å². The molecule has 6 fully saturated rings. The summed E-state index contributed by atoms with van der Waals surface area (Å²) in [5.74, 6) is 16.1. The maximum atomic E-state index is 4.67. The highest BCUT2D eigenvalue weighted by Crippen LogP contribution is 2.58. The summed E-state index contributed by atoms with van der Waals surface area (Å²) in [6, 6.07) is 0. The first-order valence-electron chi connectivity index (χ1n) is 21.1. The molecule has 6 saturated carbocycles. The first kappa shape index (κ1) is 34.2. The third kappa shape index (κ3) is 7.58. The van der Waals surface area contributed by atoms with Crippen molar-refractivity contribution in [2.24, 2.45) is 101 Å². The minimum absolute atomic E-state index is 0.847. The summed E-state index contributed by atoms with van der Waals surface area (Å²) in [4.78, 5) is 0. The number of allylic oxidation sites excluding steroid dienone is 3. The molecule has 0 spiro atoms. The molecule has 7 rings (SSSR count). The zero-order chi connectivity index (χ0) is 32.1. The van der Waals surface area contributed by atoms with E-state index in [2.05, 4.69) is 62.6 Å². The summed E-state index contributed by atoms with van der Waals surface area (Å²) in [7, 11) is 3.15. The fraction of sp³-hybridized carbons (Fsp3) is 0.889. The molecule has 0 nitrogen and oxygen atoms in total. The fourth-order valence-electron chi connectivity index (χ4n) is 12.9. The van der Waals surface area contributed by atoms with Crippen LogP contribution < -0.4 is 0 Å². The first-order valence-corrected chi connectivity index (χ1v) is 21.8. The van der Waals surface area contributed by atoms with Gasteiger partial charge in [-0.3, -0.25) is 0 Å². The molecule has 0 aliphatic heterocycles. The van der Waals surface area contributed by atoms with E-state index in [4.69, 9.17) is 0 Å². The van der Waals surface area contributed by atoms with Gasteiger partial charge in [0.05, 0.1) is 13.3 Å². The summed E-state index contributed by atoms with van der Waals surface area (Å²) in [6.07, 6.45) is 31.8. The van der Waals surface area contributed by atoms with Crippen LogP contribution in [0.2, 0.25) is 0 Å². The van der Waals surface area contributed by atoms with Crippen molar-refractivity contribution in [3.05, 3.63) is 31.2 Å². The molecule has 1 heteroatoms. The highest BCUT2D eigenvalue weighted by molar-refractivity contribution is 7.17. The topological polar surface area (TPSA) is 0 Å². The van der Waals surface area contributed by atoms with Gasteiger partial charge in [0.1, 0.15) is 0 Å². The molecule has 7 aliphatic rings. The molecule has 0 saturated heterocycles. The van der Waals surface area contributed by atoms with Crippen LogP contribution in [0.1, 0.15) is 143 Å². The first-order chi connectivity index (χ1) is 22.2. The third-order valence-electron chi connectivity index (χ3n) is 17.0. The highest BCUT2D eigenvalue weighted by atomic mass is 31.0. The molecule has 46 heavy (non-hydrogen) atoms. The molecule has 0 amide bonds. The monoisotopic (exact) mass is 646 g/mol. The van der Waals surface area contributed by atoms with Crippen LogP contribution in [-0.2, 0) is 0 Å². The largest absolute Gasteiger partial charge is 0.134 e. The average molecular weight is 646 g/mol. The standard InChI is InChI=1S/C45H74P/c1-7-43(40-22-39(23-40)36-16-15-34-19-33(12-14-35(34)20-36)18-32-9-8-10-32)30(5)31(6)45-25-37(45)13-11-27(2)44-26-41(44)21-38-24-42(46)17-28(3)29(38)4/h12,14,28-45H,1-2,7-11,13,15-26,46H2,3-6H3/q+1. The lowest BCUT2D eigenvalue weighted by Crippen LogP contribution is -2.41. The van der Waals surface area contributed by atoms with Crippen LogP contribution in [0.5, 0.6) is 0 Å². The normalized spacial score (nSPS) is 47.2. The van der Waals surface area contributed by atoms with Crippen LogP contribution in [-0.4, -0.2) is 5.66 Å². The predicted octanol–water partition coefficient (Wildman–Crippen LogP) is 12.8. The molecule has 7 aliphatic carbocycles. The Hall–Kier alpha value is -0.220. The minimum Gasteiger partial charge on any atom is -0.134 e. The van der Waals surface area contributed by atoms with Crippen LogP contribution >= 0.6 is 9.24 Å². The van der Waals surface area contributed by atoms with Crippen LogP contribution in [0.3, 0.4) is 0 Å². The van der Waals surface area contributed by atoms with Gasteiger partial charge in [-0.15, -0.1) is 9.24 Å². The molecule has 0 N–H and O–H groups in total. The zero-order valence-corrected chi connectivity index (χ0v) is 31.9. The number of rotatable bonds is 14. The zero-order valence-electron chi connectivity index (χ0n) is 30.8. The van der Waals surface area contributed by atoms with Gasteiger partial charge < -0.3 is 0 Å². The average Bonchev–Trinajstić information content (AvgIpc) is 3.93. The summed E-state index contributed by atoms with van der Waals surface area (Å²) in [5, 5.41) is 0. The lowest BCUT2D eigenvalue weighted by Gasteiger charge is -2.49. The second-order valence-electron chi connectivity index (χ2n) is 19.6. The van der Waals surface area contributed by atoms with E-state index in [9.17, 15) is 0 Å². The molecular formula is C45H74P+. The molecule has 0 heterocycles. The second-order valence-corrected chi connectivity index (χ2v) is 20.5. The van der Waals surface area contributed by atoms with Gasteiger partial charge in [0.15, 0.2) is 0 Å². The van der Waals surface area contributed by atoms with Gasteiger partial charge in [-0.1, -0.05) is 71.3 Å². The van der Waals surface area contributed by atoms with Crippen molar-refractivity contribution in [1.29, 1.82) is 0 Å². The molecule has 0 aromatic heterocycles. The van der Waals surface area contributed by atoms with Gasteiger partial charge in [0.2, 0.25) is 0 Å². The van der Waals surface area contributed by atoms with Gasteiger partial charge in [0, 0.05) is 5.92 Å². The van der Waals surface area contributed by atoms with Crippen molar-refractivity contribution < 1.29 is 0 Å². The van der Waals surface area contributed by atoms with Crippen LogP contribution in [0.25, 0.3) is 0 Å². The molecule has 0 aromatic rings. The number of fused-ring (bicyclic) bond motifs is 1. The number of hydrogen-bond donors (Lipinski definition) is 0. The van der Waals surface area contributed by atoms with Crippen molar-refractivity contribution in [2.45, 2.75) is 149 Å². The van der Waals surface area contributed by atoms with Gasteiger partial charge in [-0.2, -0.15) is 0 Å². The van der Waals surface area contributed by atoms with E-state index in [1.165, 1.54) is 109 Å². The van der Waals surface area contributed by atoms with Crippen LogP contribution in [0.4, 0.5) is 0 Å². The molecule has 0 radical (unpaired) electrons. The molecule has 258 valence electrons. The number of hydrogen-bond acceptors (Lipinski definition) is 0. The fourth-order valence-corrected chi connectivity index (χ4v) is 13.7. The van der Waals surface area contributed by atoms with Crippen molar-refractivity contribution in [3.8, 4) is 0 Å². The summed E-state index contributed by atoms with van der Waals surface area (Å²) >= 11 is 0. The van der Waals surface area contributed by atoms with E-state index in [0.29, 0.717) is 0 Å². The van der Waals surface area contributed by atoms with Crippen molar-refractivity contribution in [2.75, 3.05) is 0 Å². The minimum atomic E-state index is 0.847. The SMILES string of the molecule is C=C(CCC1CC1C(C)C(C)C(C[CH2+])C1CC(C2CCC3CC(CC4CCC4)C=CC3C2)C1)C1CC1CC1CC(P)CC(C)C1C. The Morgan fingerprint density at radius 1 is 0.826 bits per heavy atom. The maximum absolute atomic E-state index is 4.67. The molecule has 16 atom stereocenters. The molecule has 0 bridgehead atoms. The van der Waals surface area contributed by atoms with Gasteiger partial charge in [-0.25, -0.2) is 0 Å². The summed E-state index contributed by atoms with van der Waals surface area (Å²) in [6.45, 7) is 19.5. The third-order valence-corrected chi connectivity index (χ3v) is 17.5. The van der Waals surface area contributed by atoms with Crippen molar-refractivity contribution in [3.63, 3.8) is 0 Å². The van der Waals surface area contributed by atoms with Crippen molar-refractivity contribution >= 4 is 9.24 Å². The van der Waals surface area contributed by atoms with E-state index in [1.807, 2.05) is 0 Å². The van der Waals surface area contributed by atoms with Crippen LogP contribution in [0.15, 0.2) is 24.3 Å². The van der Waals surface area contributed by atoms with Gasteiger partial charge >= 0.3 is 0 Å².